The van der Waals surface area contributed by atoms with Gasteiger partial charge >= 0.3 is 12.1 Å². The highest BCUT2D eigenvalue weighted by Gasteiger charge is 2.41. The maximum Gasteiger partial charge on any atom is 0.471 e. The molecular weight excluding hydrogens is 376 g/mol. The third kappa shape index (κ3) is 4.72. The molecule has 0 spiro atoms. The molecule has 10 heteroatoms. The normalized spacial score (nSPS) is 11.9. The van der Waals surface area contributed by atoms with Crippen molar-refractivity contribution >= 4 is 21.6 Å². The van der Waals surface area contributed by atoms with Gasteiger partial charge in [0.2, 0.25) is 0 Å². The summed E-state index contributed by atoms with van der Waals surface area (Å²) in [6.07, 6.45) is -5.00. The molecule has 0 aliphatic rings. The van der Waals surface area contributed by atoms with E-state index in [0.717, 1.165) is 19.2 Å². The Bertz CT molecular complexity index is 914. The van der Waals surface area contributed by atoms with Crippen molar-refractivity contribution in [3.8, 4) is 0 Å². The van der Waals surface area contributed by atoms with Gasteiger partial charge in [-0.25, -0.2) is 12.8 Å². The molecule has 0 unspecified atom stereocenters. The van der Waals surface area contributed by atoms with Gasteiger partial charge in [-0.2, -0.15) is 13.2 Å². The molecule has 1 N–H and O–H groups in total. The molecule has 2 aromatic rings. The molecule has 0 aliphatic carbocycles. The van der Waals surface area contributed by atoms with Gasteiger partial charge in [-0.05, 0) is 29.8 Å². The van der Waals surface area contributed by atoms with Crippen molar-refractivity contribution in [2.75, 3.05) is 11.8 Å². The molecule has 0 saturated carbocycles. The van der Waals surface area contributed by atoms with Crippen molar-refractivity contribution < 1.29 is 30.8 Å². The lowest BCUT2D eigenvalue weighted by molar-refractivity contribution is -0.184. The third-order valence-corrected chi connectivity index (χ3v) is 4.73. The molecule has 0 saturated heterocycles. The summed E-state index contributed by atoms with van der Waals surface area (Å²) in [6, 6.07) is 10.2. The van der Waals surface area contributed by atoms with Crippen molar-refractivity contribution in [2.24, 2.45) is 0 Å². The lowest BCUT2D eigenvalue weighted by atomic mass is 10.2. The number of sulfonamides is 1. The highest BCUT2D eigenvalue weighted by Crippen LogP contribution is 2.22. The summed E-state index contributed by atoms with van der Waals surface area (Å²) < 4.78 is 77.5. The van der Waals surface area contributed by atoms with Crippen LogP contribution in [0.2, 0.25) is 0 Å². The number of alkyl halides is 3. The Hall–Kier alpha value is -2.62. The molecule has 0 aromatic heterocycles. The number of carbonyl (C=O) groups is 1. The molecule has 140 valence electrons. The molecule has 0 atom stereocenters. The molecule has 2 aromatic carbocycles. The first-order chi connectivity index (χ1) is 12.0. The van der Waals surface area contributed by atoms with Crippen molar-refractivity contribution in [1.29, 1.82) is 0 Å². The lowest BCUT2D eigenvalue weighted by Gasteiger charge is -2.19. The van der Waals surface area contributed by atoms with E-state index < -0.39 is 32.8 Å². The number of nitrogens with zero attached hydrogens (tertiary/aromatic N) is 1. The maximum absolute atomic E-state index is 13.7. The largest absolute Gasteiger partial charge is 0.471 e. The minimum Gasteiger partial charge on any atom is -0.334 e. The Morgan fingerprint density at radius 3 is 2.38 bits per heavy atom. The van der Waals surface area contributed by atoms with Gasteiger partial charge in [0.15, 0.2) is 0 Å². The van der Waals surface area contributed by atoms with Gasteiger partial charge in [-0.3, -0.25) is 9.52 Å². The summed E-state index contributed by atoms with van der Waals surface area (Å²) in [5.41, 5.74) is 0.289. The number of nitrogens with one attached hydrogen (secondary N) is 1. The quantitative estimate of drug-likeness (QED) is 0.798. The monoisotopic (exact) mass is 390 g/mol. The van der Waals surface area contributed by atoms with E-state index in [9.17, 15) is 30.8 Å². The molecule has 1 amide bonds. The van der Waals surface area contributed by atoms with Gasteiger partial charge < -0.3 is 4.90 Å². The van der Waals surface area contributed by atoms with E-state index in [2.05, 4.69) is 4.72 Å². The van der Waals surface area contributed by atoms with Crippen molar-refractivity contribution in [3.63, 3.8) is 0 Å². The first kappa shape index (κ1) is 19.7. The number of rotatable bonds is 5. The summed E-state index contributed by atoms with van der Waals surface area (Å²) in [6.45, 7) is -0.381. The number of anilines is 1. The molecule has 0 heterocycles. The second-order valence-corrected chi connectivity index (χ2v) is 7.05. The summed E-state index contributed by atoms with van der Waals surface area (Å²) in [4.78, 5) is 11.1. The molecule has 0 aliphatic heterocycles. The van der Waals surface area contributed by atoms with Gasteiger partial charge in [0.25, 0.3) is 10.0 Å². The fourth-order valence-electron chi connectivity index (χ4n) is 2.17. The Labute approximate surface area is 147 Å². The Kier molecular flexibility index (Phi) is 5.55. The van der Waals surface area contributed by atoms with Crippen molar-refractivity contribution in [1.82, 2.24) is 4.90 Å². The zero-order valence-electron chi connectivity index (χ0n) is 13.4. The van der Waals surface area contributed by atoms with Gasteiger partial charge in [0.05, 0.1) is 0 Å². The fraction of sp³-hybridized carbons (Fsp3) is 0.188. The van der Waals surface area contributed by atoms with Crippen LogP contribution < -0.4 is 4.72 Å². The minimum absolute atomic E-state index is 0.0265. The van der Waals surface area contributed by atoms with E-state index >= 15 is 0 Å². The van der Waals surface area contributed by atoms with Crippen LogP contribution in [0.5, 0.6) is 0 Å². The van der Waals surface area contributed by atoms with Gasteiger partial charge in [0.1, 0.15) is 10.7 Å². The van der Waals surface area contributed by atoms with Crippen LogP contribution in [-0.4, -0.2) is 32.4 Å². The minimum atomic E-state index is -5.00. The second kappa shape index (κ2) is 7.32. The Morgan fingerprint density at radius 1 is 1.12 bits per heavy atom. The van der Waals surface area contributed by atoms with E-state index in [1.807, 2.05) is 0 Å². The van der Waals surface area contributed by atoms with Crippen LogP contribution in [-0.2, 0) is 21.4 Å². The molecular formula is C16H14F4N2O3S. The molecule has 5 nitrogen and oxygen atoms in total. The number of halogens is 4. The van der Waals surface area contributed by atoms with Crippen LogP contribution in [0.25, 0.3) is 0 Å². The third-order valence-electron chi connectivity index (χ3n) is 3.31. The van der Waals surface area contributed by atoms with E-state index in [0.29, 0.717) is 4.90 Å². The summed E-state index contributed by atoms with van der Waals surface area (Å²) in [5, 5.41) is 0. The van der Waals surface area contributed by atoms with Crippen LogP contribution in [0, 0.1) is 5.82 Å². The first-order valence-corrected chi connectivity index (χ1v) is 8.67. The topological polar surface area (TPSA) is 66.5 Å². The zero-order chi connectivity index (χ0) is 19.5. The number of amides is 1. The number of hydrogen-bond acceptors (Lipinski definition) is 3. The average molecular weight is 390 g/mol. The highest BCUT2D eigenvalue weighted by molar-refractivity contribution is 7.92. The van der Waals surface area contributed by atoms with Crippen LogP contribution in [0.1, 0.15) is 5.56 Å². The zero-order valence-corrected chi connectivity index (χ0v) is 14.2. The van der Waals surface area contributed by atoms with Crippen LogP contribution in [0.4, 0.5) is 23.2 Å². The molecule has 0 radical (unpaired) electrons. The van der Waals surface area contributed by atoms with Crippen LogP contribution >= 0.6 is 0 Å². The number of carbonyl (C=O) groups excluding carboxylic acids is 1. The van der Waals surface area contributed by atoms with E-state index in [1.165, 1.54) is 36.4 Å². The molecule has 0 bridgehead atoms. The standard InChI is InChI=1S/C16H14F4N2O3S/c1-22(15(23)16(18,19)20)10-11-5-4-6-12(9-11)21-26(24,25)14-8-3-2-7-13(14)17/h2-9,21H,10H2,1H3. The smallest absolute Gasteiger partial charge is 0.334 e. The predicted molar refractivity (Wildman–Crippen MR) is 86.2 cm³/mol. The van der Waals surface area contributed by atoms with Gasteiger partial charge in [0, 0.05) is 19.3 Å². The highest BCUT2D eigenvalue weighted by atomic mass is 32.2. The summed E-state index contributed by atoms with van der Waals surface area (Å²) in [7, 11) is -3.24. The van der Waals surface area contributed by atoms with E-state index in [-0.39, 0.29) is 17.8 Å². The lowest BCUT2D eigenvalue weighted by Crippen LogP contribution is -2.37. The van der Waals surface area contributed by atoms with E-state index in [4.69, 9.17) is 0 Å². The fourth-order valence-corrected chi connectivity index (χ4v) is 3.30. The second-order valence-electron chi connectivity index (χ2n) is 5.40. The van der Waals surface area contributed by atoms with Crippen LogP contribution in [0.15, 0.2) is 53.4 Å². The van der Waals surface area contributed by atoms with Crippen molar-refractivity contribution in [3.05, 3.63) is 59.9 Å². The van der Waals surface area contributed by atoms with Gasteiger partial charge in [-0.15, -0.1) is 0 Å². The predicted octanol–water partition coefficient (Wildman–Crippen LogP) is 3.15. The van der Waals surface area contributed by atoms with Gasteiger partial charge in [-0.1, -0.05) is 24.3 Å². The average Bonchev–Trinajstić information content (AvgIpc) is 2.53. The number of benzene rings is 2. The molecule has 26 heavy (non-hydrogen) atoms. The summed E-state index contributed by atoms with van der Waals surface area (Å²) in [5.74, 6) is -2.96. The van der Waals surface area contributed by atoms with E-state index in [1.54, 1.807) is 0 Å². The maximum atomic E-state index is 13.7. The first-order valence-electron chi connectivity index (χ1n) is 7.19. The van der Waals surface area contributed by atoms with Crippen LogP contribution in [0.3, 0.4) is 0 Å². The summed E-state index contributed by atoms with van der Waals surface area (Å²) >= 11 is 0. The van der Waals surface area contributed by atoms with Crippen molar-refractivity contribution in [2.45, 2.75) is 17.6 Å². The SMILES string of the molecule is CN(Cc1cccc(NS(=O)(=O)c2ccccc2F)c1)C(=O)C(F)(F)F. The molecule has 0 fully saturated rings. The number of hydrogen-bond donors (Lipinski definition) is 1. The Balaban J connectivity index is 2.20. The molecule has 2 rings (SSSR count). The Morgan fingerprint density at radius 2 is 1.77 bits per heavy atom.